The summed E-state index contributed by atoms with van der Waals surface area (Å²) in [4.78, 5) is 15.5. The van der Waals surface area contributed by atoms with Crippen LogP contribution in [0.2, 0.25) is 5.02 Å². The largest absolute Gasteiger partial charge is 0.507 e. The van der Waals surface area contributed by atoms with Gasteiger partial charge in [-0.3, -0.25) is 20.2 Å². The number of anilines is 1. The van der Waals surface area contributed by atoms with Crippen molar-refractivity contribution >= 4 is 23.2 Å². The summed E-state index contributed by atoms with van der Waals surface area (Å²) < 4.78 is 0. The van der Waals surface area contributed by atoms with Gasteiger partial charge in [-0.2, -0.15) is 5.10 Å². The number of aromatic amines is 1. The van der Waals surface area contributed by atoms with Crippen LogP contribution in [0.5, 0.6) is 11.5 Å². The Morgan fingerprint density at radius 1 is 1.28 bits per heavy atom. The van der Waals surface area contributed by atoms with Gasteiger partial charge in [0.1, 0.15) is 17.2 Å². The van der Waals surface area contributed by atoms with E-state index < -0.39 is 0 Å². The molecule has 9 nitrogen and oxygen atoms in total. The quantitative estimate of drug-likeness (QED) is 0.298. The molecule has 1 aromatic heterocycles. The van der Waals surface area contributed by atoms with Gasteiger partial charge in [0, 0.05) is 44.0 Å². The highest BCUT2D eigenvalue weighted by Crippen LogP contribution is 2.40. The van der Waals surface area contributed by atoms with E-state index >= 15 is 0 Å². The standard InChI is InChI=1S/C15H19ClN6O3/c16-10-5-9(12(23)6-13(10)24)15-11(7-18-20-15)22-3-1-21(2-4-22)8-14(25)19-17/h5-7,23-24H,1-4,8,17H2,(H,18,20)(H,19,25). The number of hydrogen-bond donors (Lipinski definition) is 5. The first-order chi connectivity index (χ1) is 12.0. The molecular formula is C15H19ClN6O3. The third-order valence-corrected chi connectivity index (χ3v) is 4.48. The maximum absolute atomic E-state index is 11.4. The lowest BCUT2D eigenvalue weighted by molar-refractivity contribution is -0.122. The van der Waals surface area contributed by atoms with Crippen LogP contribution in [0.25, 0.3) is 11.3 Å². The van der Waals surface area contributed by atoms with Gasteiger partial charge in [-0.25, -0.2) is 5.84 Å². The zero-order chi connectivity index (χ0) is 18.0. The number of nitrogens with two attached hydrogens (primary N) is 1. The molecule has 0 radical (unpaired) electrons. The predicted molar refractivity (Wildman–Crippen MR) is 93.3 cm³/mol. The Morgan fingerprint density at radius 2 is 2.00 bits per heavy atom. The Bertz CT molecular complexity index is 773. The molecule has 1 saturated heterocycles. The lowest BCUT2D eigenvalue weighted by atomic mass is 10.1. The Hall–Kier alpha value is -2.49. The molecule has 0 atom stereocenters. The molecule has 1 aliphatic rings. The SMILES string of the molecule is NNC(=O)CN1CCN(c2c[nH]nc2-c2cc(Cl)c(O)cc2O)CC1. The van der Waals surface area contributed by atoms with Crippen LogP contribution in [-0.4, -0.2) is 63.9 Å². The summed E-state index contributed by atoms with van der Waals surface area (Å²) in [6.07, 6.45) is 1.75. The molecular weight excluding hydrogens is 348 g/mol. The molecule has 134 valence electrons. The summed E-state index contributed by atoms with van der Waals surface area (Å²) in [6, 6.07) is 2.67. The Morgan fingerprint density at radius 3 is 2.68 bits per heavy atom. The number of nitrogens with zero attached hydrogens (tertiary/aromatic N) is 3. The minimum Gasteiger partial charge on any atom is -0.507 e. The average molecular weight is 367 g/mol. The topological polar surface area (TPSA) is 131 Å². The van der Waals surface area contributed by atoms with Crippen LogP contribution >= 0.6 is 11.6 Å². The van der Waals surface area contributed by atoms with Gasteiger partial charge >= 0.3 is 0 Å². The number of hydrogen-bond acceptors (Lipinski definition) is 7. The van der Waals surface area contributed by atoms with Crippen LogP contribution in [0.15, 0.2) is 18.3 Å². The zero-order valence-electron chi connectivity index (χ0n) is 13.4. The molecule has 1 aromatic carbocycles. The van der Waals surface area contributed by atoms with E-state index in [4.69, 9.17) is 17.4 Å². The molecule has 2 aromatic rings. The lowest BCUT2D eigenvalue weighted by Gasteiger charge is -2.35. The molecule has 25 heavy (non-hydrogen) atoms. The molecule has 1 amide bonds. The summed E-state index contributed by atoms with van der Waals surface area (Å²) in [6.45, 7) is 3.03. The van der Waals surface area contributed by atoms with E-state index in [1.807, 2.05) is 4.90 Å². The number of phenols is 2. The van der Waals surface area contributed by atoms with Crippen molar-refractivity contribution in [1.29, 1.82) is 0 Å². The highest BCUT2D eigenvalue weighted by molar-refractivity contribution is 6.32. The van der Waals surface area contributed by atoms with Crippen LogP contribution in [0.4, 0.5) is 5.69 Å². The molecule has 0 spiro atoms. The number of benzene rings is 1. The van der Waals surface area contributed by atoms with Crippen LogP contribution < -0.4 is 16.2 Å². The monoisotopic (exact) mass is 366 g/mol. The summed E-state index contributed by atoms with van der Waals surface area (Å²) in [5.74, 6) is 4.60. The van der Waals surface area contributed by atoms with Crippen molar-refractivity contribution in [3.8, 4) is 22.8 Å². The van der Waals surface area contributed by atoms with Crippen LogP contribution in [0.3, 0.4) is 0 Å². The highest BCUT2D eigenvalue weighted by Gasteiger charge is 2.23. The van der Waals surface area contributed by atoms with Crippen molar-refractivity contribution in [2.45, 2.75) is 0 Å². The van der Waals surface area contributed by atoms with E-state index in [1.54, 1.807) is 6.20 Å². The van der Waals surface area contributed by atoms with Crippen LogP contribution in [0.1, 0.15) is 0 Å². The maximum atomic E-state index is 11.4. The summed E-state index contributed by atoms with van der Waals surface area (Å²) in [7, 11) is 0. The molecule has 10 heteroatoms. The van der Waals surface area contributed by atoms with Crippen molar-refractivity contribution in [2.75, 3.05) is 37.6 Å². The molecule has 0 unspecified atom stereocenters. The molecule has 3 rings (SSSR count). The Kier molecular flexibility index (Phi) is 4.98. The molecule has 1 aliphatic heterocycles. The first kappa shape index (κ1) is 17.3. The van der Waals surface area contributed by atoms with E-state index in [2.05, 4.69) is 20.5 Å². The highest BCUT2D eigenvalue weighted by atomic mass is 35.5. The van der Waals surface area contributed by atoms with Crippen LogP contribution in [-0.2, 0) is 4.79 Å². The smallest absolute Gasteiger partial charge is 0.248 e. The van der Waals surface area contributed by atoms with Gasteiger partial charge in [-0.05, 0) is 6.07 Å². The number of hydrazine groups is 1. The minimum atomic E-state index is -0.221. The third kappa shape index (κ3) is 3.63. The molecule has 6 N–H and O–H groups in total. The number of carbonyl (C=O) groups is 1. The summed E-state index contributed by atoms with van der Waals surface area (Å²) in [5.41, 5.74) is 3.93. The van der Waals surface area contributed by atoms with Gasteiger partial charge in [0.25, 0.3) is 0 Å². The number of rotatable bonds is 4. The van der Waals surface area contributed by atoms with Crippen molar-refractivity contribution in [3.63, 3.8) is 0 Å². The van der Waals surface area contributed by atoms with Gasteiger partial charge in [-0.1, -0.05) is 11.6 Å². The number of halogens is 1. The zero-order valence-corrected chi connectivity index (χ0v) is 14.1. The van der Waals surface area contributed by atoms with Crippen LogP contribution in [0, 0.1) is 0 Å². The Labute approximate surface area is 149 Å². The first-order valence-electron chi connectivity index (χ1n) is 7.72. The average Bonchev–Trinajstić information content (AvgIpc) is 3.08. The van der Waals surface area contributed by atoms with Gasteiger partial charge in [0.05, 0.1) is 17.3 Å². The molecule has 2 heterocycles. The Balaban J connectivity index is 1.77. The second-order valence-electron chi connectivity index (χ2n) is 5.77. The maximum Gasteiger partial charge on any atom is 0.248 e. The van der Waals surface area contributed by atoms with Crippen molar-refractivity contribution < 1.29 is 15.0 Å². The molecule has 0 saturated carbocycles. The fourth-order valence-electron chi connectivity index (χ4n) is 2.86. The van der Waals surface area contributed by atoms with Gasteiger partial charge in [0.2, 0.25) is 5.91 Å². The van der Waals surface area contributed by atoms with Gasteiger partial charge in [-0.15, -0.1) is 0 Å². The number of amides is 1. The van der Waals surface area contributed by atoms with E-state index in [0.29, 0.717) is 37.4 Å². The number of aromatic hydroxyl groups is 2. The number of nitrogens with one attached hydrogen (secondary N) is 2. The predicted octanol–water partition coefficient (Wildman–Crippen LogP) is 0.253. The van der Waals surface area contributed by atoms with E-state index in [9.17, 15) is 15.0 Å². The summed E-state index contributed by atoms with van der Waals surface area (Å²) >= 11 is 5.95. The second-order valence-corrected chi connectivity index (χ2v) is 6.18. The van der Waals surface area contributed by atoms with Gasteiger partial charge < -0.3 is 15.1 Å². The molecule has 1 fully saturated rings. The van der Waals surface area contributed by atoms with E-state index in [-0.39, 0.29) is 29.0 Å². The number of H-pyrrole nitrogens is 1. The van der Waals surface area contributed by atoms with E-state index in [1.165, 1.54) is 12.1 Å². The van der Waals surface area contributed by atoms with Crippen molar-refractivity contribution in [3.05, 3.63) is 23.4 Å². The number of phenolic OH excluding ortho intramolecular Hbond substituents is 2. The molecule has 0 bridgehead atoms. The normalized spacial score (nSPS) is 15.4. The number of aromatic nitrogens is 2. The van der Waals surface area contributed by atoms with Crippen molar-refractivity contribution in [1.82, 2.24) is 20.5 Å². The minimum absolute atomic E-state index is 0.103. The lowest BCUT2D eigenvalue weighted by Crippen LogP contribution is -2.50. The fourth-order valence-corrected chi connectivity index (χ4v) is 3.02. The first-order valence-corrected chi connectivity index (χ1v) is 8.09. The van der Waals surface area contributed by atoms with E-state index in [0.717, 1.165) is 5.69 Å². The van der Waals surface area contributed by atoms with Gasteiger partial charge in [0.15, 0.2) is 0 Å². The van der Waals surface area contributed by atoms with Crippen molar-refractivity contribution in [2.24, 2.45) is 5.84 Å². The number of piperazine rings is 1. The molecule has 0 aliphatic carbocycles. The fraction of sp³-hybridized carbons (Fsp3) is 0.333. The number of carbonyl (C=O) groups excluding carboxylic acids is 1. The second kappa shape index (κ2) is 7.18. The summed E-state index contributed by atoms with van der Waals surface area (Å²) in [5, 5.41) is 26.9. The third-order valence-electron chi connectivity index (χ3n) is 4.18.